The highest BCUT2D eigenvalue weighted by Crippen LogP contribution is 2.26. The summed E-state index contributed by atoms with van der Waals surface area (Å²) in [5, 5.41) is 12.6. The number of carbonyl (C=O) groups is 1. The molecule has 0 fully saturated rings. The average molecular weight is 432 g/mol. The van der Waals surface area contributed by atoms with Crippen molar-refractivity contribution in [2.24, 2.45) is 0 Å². The number of nitrogens with zero attached hydrogens (tertiary/aromatic N) is 4. The number of halogens is 1. The Kier molecular flexibility index (Phi) is 7.24. The highest BCUT2D eigenvalue weighted by Gasteiger charge is 2.26. The molecule has 0 spiro atoms. The molecule has 0 radical (unpaired) electrons. The second kappa shape index (κ2) is 9.87. The van der Waals surface area contributed by atoms with Crippen molar-refractivity contribution in [2.45, 2.75) is 24.5 Å². The van der Waals surface area contributed by atoms with Gasteiger partial charge in [-0.2, -0.15) is 0 Å². The Balaban J connectivity index is 1.83. The van der Waals surface area contributed by atoms with Gasteiger partial charge in [-0.15, -0.1) is 10.2 Å². The average Bonchev–Trinajstić information content (AvgIpc) is 3.12. The Labute approximate surface area is 179 Å². The molecule has 0 saturated carbocycles. The number of nitrogens with one attached hydrogen (secondary N) is 2. The van der Waals surface area contributed by atoms with E-state index in [1.54, 1.807) is 18.3 Å². The van der Waals surface area contributed by atoms with E-state index >= 15 is 0 Å². The second-order valence-corrected chi connectivity index (χ2v) is 8.03. The number of benzene rings is 1. The number of quaternary nitrogens is 1. The molecule has 2 aromatic heterocycles. The standard InChI is InChI=1S/C20H23ClN6OS/c1-4-16(26(2)3)19-24-25-20(27(19)14-9-6-5-7-10-14)29-13-17(28)23-15-11-8-12-22-18(15)21/h5-12,16H,4,13H2,1-3H3,(H,23,28)/p+1/t16-/m1/s1. The first-order valence-electron chi connectivity index (χ1n) is 9.35. The summed E-state index contributed by atoms with van der Waals surface area (Å²) in [5.41, 5.74) is 1.47. The highest BCUT2D eigenvalue weighted by molar-refractivity contribution is 7.99. The van der Waals surface area contributed by atoms with Gasteiger partial charge in [-0.25, -0.2) is 4.98 Å². The Bertz CT molecular complexity index is 963. The summed E-state index contributed by atoms with van der Waals surface area (Å²) < 4.78 is 2.04. The molecule has 1 atom stereocenters. The summed E-state index contributed by atoms with van der Waals surface area (Å²) in [7, 11) is 4.21. The molecule has 9 heteroatoms. The number of anilines is 1. The van der Waals surface area contributed by atoms with Gasteiger partial charge in [0.25, 0.3) is 0 Å². The first-order valence-corrected chi connectivity index (χ1v) is 10.7. The number of carbonyl (C=O) groups excluding carboxylic acids is 1. The third kappa shape index (κ3) is 5.14. The first-order chi connectivity index (χ1) is 14.0. The van der Waals surface area contributed by atoms with E-state index in [-0.39, 0.29) is 22.9 Å². The van der Waals surface area contributed by atoms with Gasteiger partial charge in [0, 0.05) is 18.3 Å². The smallest absolute Gasteiger partial charge is 0.234 e. The van der Waals surface area contributed by atoms with Crippen LogP contribution in [0.25, 0.3) is 5.69 Å². The number of hydrogen-bond donors (Lipinski definition) is 2. The van der Waals surface area contributed by atoms with Crippen LogP contribution in [0, 0.1) is 0 Å². The third-order valence-electron chi connectivity index (χ3n) is 4.46. The number of hydrogen-bond acceptors (Lipinski definition) is 5. The maximum atomic E-state index is 12.4. The first kappa shape index (κ1) is 21.3. The predicted molar refractivity (Wildman–Crippen MR) is 116 cm³/mol. The van der Waals surface area contributed by atoms with Crippen LogP contribution in [0.4, 0.5) is 5.69 Å². The SMILES string of the molecule is CC[C@H](c1nnc(SCC(=O)Nc2cccnc2Cl)n1-c1ccccc1)[NH+](C)C. The molecule has 0 aliphatic rings. The van der Waals surface area contributed by atoms with Gasteiger partial charge in [0.1, 0.15) is 6.04 Å². The molecular formula is C20H24ClN6OS+. The van der Waals surface area contributed by atoms with Crippen LogP contribution in [0.1, 0.15) is 25.2 Å². The zero-order chi connectivity index (χ0) is 20.8. The molecule has 0 bridgehead atoms. The minimum atomic E-state index is -0.181. The molecule has 0 saturated heterocycles. The van der Waals surface area contributed by atoms with Crippen LogP contribution >= 0.6 is 23.4 Å². The lowest BCUT2D eigenvalue weighted by Gasteiger charge is -2.20. The molecule has 0 aliphatic heterocycles. The lowest BCUT2D eigenvalue weighted by atomic mass is 10.2. The van der Waals surface area contributed by atoms with Crippen molar-refractivity contribution in [2.75, 3.05) is 25.2 Å². The number of amides is 1. The molecule has 1 amide bonds. The molecular weight excluding hydrogens is 408 g/mol. The molecule has 7 nitrogen and oxygen atoms in total. The van der Waals surface area contributed by atoms with Crippen LogP contribution < -0.4 is 10.2 Å². The van der Waals surface area contributed by atoms with Gasteiger partial charge < -0.3 is 10.2 Å². The van der Waals surface area contributed by atoms with Crippen molar-refractivity contribution in [1.29, 1.82) is 0 Å². The fourth-order valence-electron chi connectivity index (χ4n) is 3.06. The summed E-state index contributed by atoms with van der Waals surface area (Å²) in [5.74, 6) is 0.887. The van der Waals surface area contributed by atoms with E-state index in [0.29, 0.717) is 10.8 Å². The summed E-state index contributed by atoms with van der Waals surface area (Å²) in [6.45, 7) is 2.14. The Hall–Kier alpha value is -2.42. The monoisotopic (exact) mass is 431 g/mol. The molecule has 29 heavy (non-hydrogen) atoms. The van der Waals surface area contributed by atoms with Gasteiger partial charge in [0.15, 0.2) is 16.1 Å². The van der Waals surface area contributed by atoms with E-state index in [0.717, 1.165) is 17.9 Å². The molecule has 3 rings (SSSR count). The molecule has 152 valence electrons. The van der Waals surface area contributed by atoms with Gasteiger partial charge in [0.05, 0.1) is 25.5 Å². The van der Waals surface area contributed by atoms with E-state index < -0.39 is 0 Å². The Morgan fingerprint density at radius 2 is 1.97 bits per heavy atom. The summed E-state index contributed by atoms with van der Waals surface area (Å²) >= 11 is 7.35. The van der Waals surface area contributed by atoms with Crippen molar-refractivity contribution in [3.05, 3.63) is 59.6 Å². The van der Waals surface area contributed by atoms with Crippen molar-refractivity contribution in [1.82, 2.24) is 19.7 Å². The normalized spacial score (nSPS) is 12.2. The van der Waals surface area contributed by atoms with Crippen LogP contribution in [-0.2, 0) is 4.79 Å². The largest absolute Gasteiger partial charge is 0.331 e. The maximum absolute atomic E-state index is 12.4. The highest BCUT2D eigenvalue weighted by atomic mass is 35.5. The fraction of sp³-hybridized carbons (Fsp3) is 0.300. The van der Waals surface area contributed by atoms with Crippen molar-refractivity contribution in [3.63, 3.8) is 0 Å². The Morgan fingerprint density at radius 1 is 1.21 bits per heavy atom. The zero-order valence-corrected chi connectivity index (χ0v) is 18.2. The summed E-state index contributed by atoms with van der Waals surface area (Å²) in [6.07, 6.45) is 2.51. The van der Waals surface area contributed by atoms with E-state index in [2.05, 4.69) is 41.5 Å². The lowest BCUT2D eigenvalue weighted by Crippen LogP contribution is -3.06. The molecule has 2 N–H and O–H groups in total. The van der Waals surface area contributed by atoms with Crippen LogP contribution in [0.2, 0.25) is 5.15 Å². The van der Waals surface area contributed by atoms with Crippen molar-refractivity contribution < 1.29 is 9.69 Å². The van der Waals surface area contributed by atoms with E-state index in [1.165, 1.54) is 16.7 Å². The van der Waals surface area contributed by atoms with Gasteiger partial charge in [0.2, 0.25) is 5.91 Å². The fourth-order valence-corrected chi connectivity index (χ4v) is 3.99. The van der Waals surface area contributed by atoms with Crippen molar-refractivity contribution >= 4 is 35.0 Å². The molecule has 2 heterocycles. The van der Waals surface area contributed by atoms with Crippen LogP contribution in [-0.4, -0.2) is 45.5 Å². The predicted octanol–water partition coefficient (Wildman–Crippen LogP) is 2.64. The van der Waals surface area contributed by atoms with E-state index in [1.807, 2.05) is 34.9 Å². The zero-order valence-electron chi connectivity index (χ0n) is 16.6. The van der Waals surface area contributed by atoms with Gasteiger partial charge in [-0.1, -0.05) is 48.5 Å². The van der Waals surface area contributed by atoms with Crippen LogP contribution in [0.5, 0.6) is 0 Å². The molecule has 0 unspecified atom stereocenters. The van der Waals surface area contributed by atoms with Crippen LogP contribution in [0.3, 0.4) is 0 Å². The quantitative estimate of drug-likeness (QED) is 0.423. The number of thioether (sulfide) groups is 1. The lowest BCUT2D eigenvalue weighted by molar-refractivity contribution is -0.893. The molecule has 3 aromatic rings. The molecule has 0 aliphatic carbocycles. The third-order valence-corrected chi connectivity index (χ3v) is 5.69. The Morgan fingerprint density at radius 3 is 2.62 bits per heavy atom. The van der Waals surface area contributed by atoms with Gasteiger partial charge >= 0.3 is 0 Å². The number of rotatable bonds is 8. The minimum Gasteiger partial charge on any atom is -0.331 e. The number of para-hydroxylation sites is 1. The number of pyridine rings is 1. The van der Waals surface area contributed by atoms with Crippen LogP contribution in [0.15, 0.2) is 53.8 Å². The van der Waals surface area contributed by atoms with E-state index in [9.17, 15) is 4.79 Å². The van der Waals surface area contributed by atoms with E-state index in [4.69, 9.17) is 11.6 Å². The maximum Gasteiger partial charge on any atom is 0.234 e. The second-order valence-electron chi connectivity index (χ2n) is 6.73. The van der Waals surface area contributed by atoms with Gasteiger partial charge in [-0.3, -0.25) is 9.36 Å². The topological polar surface area (TPSA) is 77.1 Å². The van der Waals surface area contributed by atoms with Crippen molar-refractivity contribution in [3.8, 4) is 5.69 Å². The summed E-state index contributed by atoms with van der Waals surface area (Å²) in [4.78, 5) is 17.7. The minimum absolute atomic E-state index is 0.181. The summed E-state index contributed by atoms with van der Waals surface area (Å²) in [6, 6.07) is 13.6. The number of aromatic nitrogens is 4. The van der Waals surface area contributed by atoms with Gasteiger partial charge in [-0.05, 0) is 24.3 Å². The molecule has 1 aromatic carbocycles.